The number of halogens is 1. The maximum atomic E-state index is 15.4. The van der Waals surface area contributed by atoms with Crippen molar-refractivity contribution in [3.63, 3.8) is 0 Å². The van der Waals surface area contributed by atoms with Crippen molar-refractivity contribution in [2.24, 2.45) is 0 Å². The Labute approximate surface area is 468 Å². The SMILES string of the molecule is CC[C@@]1(O)C(=O)OCc2c1cc1n(c2=O)Cc2c-1nc1cc(F)c(C)c3c1c2[C@@H](NC(=O)CCNC(=O)CNC(=O)[C@H](Cc1ccccc1)NC(=O)CNC(=O)CNC(=O)CCOCCOCCNC(=O)CCN1C(=O)C=CC1=O)CC3. The summed E-state index contributed by atoms with van der Waals surface area (Å²) in [5.41, 5.74) is 1.86. The van der Waals surface area contributed by atoms with Gasteiger partial charge in [0, 0.05) is 80.0 Å². The molecular formula is C56H63FN10O15. The third-order valence-corrected chi connectivity index (χ3v) is 14.5. The van der Waals surface area contributed by atoms with Crippen LogP contribution in [-0.4, -0.2) is 150 Å². The molecule has 0 spiro atoms. The molecule has 2 aromatic heterocycles. The largest absolute Gasteiger partial charge is 0.458 e. The molecule has 25 nitrogen and oxygen atoms in total. The van der Waals surface area contributed by atoms with Crippen molar-refractivity contribution >= 4 is 70.0 Å². The van der Waals surface area contributed by atoms with E-state index in [-0.39, 0.29) is 108 Å². The van der Waals surface area contributed by atoms with Gasteiger partial charge in [0.15, 0.2) is 5.60 Å². The Morgan fingerprint density at radius 1 is 0.780 bits per heavy atom. The van der Waals surface area contributed by atoms with Gasteiger partial charge in [0.1, 0.15) is 18.5 Å². The summed E-state index contributed by atoms with van der Waals surface area (Å²) >= 11 is 0. The molecule has 1 aliphatic carbocycles. The molecule has 82 heavy (non-hydrogen) atoms. The number of imide groups is 1. The predicted molar refractivity (Wildman–Crippen MR) is 287 cm³/mol. The summed E-state index contributed by atoms with van der Waals surface area (Å²) in [6.07, 6.45) is 2.75. The molecule has 4 aliphatic rings. The quantitative estimate of drug-likeness (QED) is 0.0179. The molecule has 26 heteroatoms. The first-order chi connectivity index (χ1) is 39.4. The van der Waals surface area contributed by atoms with E-state index >= 15 is 4.39 Å². The van der Waals surface area contributed by atoms with Crippen LogP contribution in [0.5, 0.6) is 0 Å². The van der Waals surface area contributed by atoms with E-state index in [1.165, 1.54) is 10.6 Å². The number of ether oxygens (including phenoxy) is 3. The standard InChI is InChI=1S/C56H63FN10O15/c1-3-56(79)36-24-41-52-34(29-67(41)54(77)35(36)30-82-55(56)78)51-38(10-9-33-31(2)37(57)25-39(65-52)50(33)51)63-44(70)13-16-58-45(71)27-62-53(76)40(23-32-7-5-4-6-8-32)64-47(73)28-61-46(72)26-60-43(69)15-19-80-21-22-81-20-17-59-42(68)14-18-66-48(74)11-12-49(66)75/h4-8,11-12,24-25,38,40,79H,3,9-10,13-23,26-30H2,1-2H3,(H,58,71)(H,59,68)(H,60,69)(H,61,72)(H,62,76)(H,63,70)(H,64,73)/t38-,40-,56-/m0/s1. The van der Waals surface area contributed by atoms with Crippen LogP contribution in [0.1, 0.15) is 84.0 Å². The smallest absolute Gasteiger partial charge is 0.343 e. The Kier molecular flexibility index (Phi) is 19.3. The molecule has 0 fully saturated rings. The molecule has 0 saturated carbocycles. The second-order valence-electron chi connectivity index (χ2n) is 19.9. The molecule has 4 aromatic rings. The van der Waals surface area contributed by atoms with Crippen LogP contribution in [0.3, 0.4) is 0 Å². The number of carbonyl (C=O) groups is 10. The highest BCUT2D eigenvalue weighted by atomic mass is 19.1. The molecule has 9 amide bonds. The number of fused-ring (bicyclic) bond motifs is 5. The maximum Gasteiger partial charge on any atom is 0.343 e. The molecule has 0 saturated heterocycles. The maximum absolute atomic E-state index is 15.4. The average Bonchev–Trinajstić information content (AvgIpc) is 1.99. The topological polar surface area (TPSA) is 341 Å². The molecule has 0 radical (unpaired) electrons. The Morgan fingerprint density at radius 2 is 1.45 bits per heavy atom. The van der Waals surface area contributed by atoms with Gasteiger partial charge >= 0.3 is 5.97 Å². The van der Waals surface area contributed by atoms with Crippen LogP contribution in [0.15, 0.2) is 59.4 Å². The molecular weight excluding hydrogens is 1070 g/mol. The minimum Gasteiger partial charge on any atom is -0.458 e. The van der Waals surface area contributed by atoms with Crippen molar-refractivity contribution in [3.05, 3.63) is 110 Å². The fourth-order valence-corrected chi connectivity index (χ4v) is 10.1. The zero-order valence-electron chi connectivity index (χ0n) is 45.2. The number of esters is 1. The van der Waals surface area contributed by atoms with Gasteiger partial charge in [0.25, 0.3) is 17.4 Å². The van der Waals surface area contributed by atoms with Crippen molar-refractivity contribution in [3.8, 4) is 11.4 Å². The predicted octanol–water partition coefficient (Wildman–Crippen LogP) is -0.932. The lowest BCUT2D eigenvalue weighted by Crippen LogP contribution is -2.52. The molecule has 2 aromatic carbocycles. The van der Waals surface area contributed by atoms with Crippen LogP contribution in [0.25, 0.3) is 22.3 Å². The number of aromatic nitrogens is 2. The molecule has 434 valence electrons. The number of pyridine rings is 2. The number of aliphatic hydroxyl groups is 1. The molecule has 8 N–H and O–H groups in total. The van der Waals surface area contributed by atoms with Gasteiger partial charge in [-0.2, -0.15) is 0 Å². The molecule has 0 bridgehead atoms. The summed E-state index contributed by atoms with van der Waals surface area (Å²) in [5.74, 6) is -6.31. The molecule has 8 rings (SSSR count). The van der Waals surface area contributed by atoms with E-state index in [9.17, 15) is 57.8 Å². The van der Waals surface area contributed by atoms with Gasteiger partial charge in [-0.05, 0) is 54.5 Å². The van der Waals surface area contributed by atoms with Crippen LogP contribution in [0.2, 0.25) is 0 Å². The number of carbonyl (C=O) groups excluding carboxylic acids is 10. The van der Waals surface area contributed by atoms with E-state index in [0.29, 0.717) is 57.4 Å². The summed E-state index contributed by atoms with van der Waals surface area (Å²) in [6, 6.07) is 9.83. The zero-order chi connectivity index (χ0) is 58.7. The number of hydrogen-bond donors (Lipinski definition) is 8. The average molecular weight is 1140 g/mol. The number of rotatable bonds is 27. The van der Waals surface area contributed by atoms with Gasteiger partial charge < -0.3 is 61.1 Å². The summed E-state index contributed by atoms with van der Waals surface area (Å²) in [6.45, 7) is 2.06. The summed E-state index contributed by atoms with van der Waals surface area (Å²) in [5, 5.41) is 30.2. The first-order valence-electron chi connectivity index (χ1n) is 26.8. The van der Waals surface area contributed by atoms with E-state index in [1.807, 2.05) is 0 Å². The lowest BCUT2D eigenvalue weighted by Gasteiger charge is -2.31. The highest BCUT2D eigenvalue weighted by molar-refractivity contribution is 6.13. The second-order valence-corrected chi connectivity index (χ2v) is 19.9. The Bertz CT molecular complexity index is 3300. The van der Waals surface area contributed by atoms with Gasteiger partial charge in [-0.25, -0.2) is 14.2 Å². The lowest BCUT2D eigenvalue weighted by atomic mass is 9.81. The monoisotopic (exact) mass is 1130 g/mol. The molecule has 0 unspecified atom stereocenters. The first kappa shape index (κ1) is 59.4. The fraction of sp³-hybridized carbons (Fsp3) is 0.429. The van der Waals surface area contributed by atoms with Crippen molar-refractivity contribution in [1.82, 2.24) is 51.7 Å². The number of aryl methyl sites for hydroxylation is 1. The van der Waals surface area contributed by atoms with E-state index < -0.39 is 102 Å². The van der Waals surface area contributed by atoms with Crippen molar-refractivity contribution in [1.29, 1.82) is 0 Å². The van der Waals surface area contributed by atoms with E-state index in [2.05, 4.69) is 37.2 Å². The zero-order valence-corrected chi connectivity index (χ0v) is 45.2. The van der Waals surface area contributed by atoms with Crippen molar-refractivity contribution < 1.29 is 71.7 Å². The van der Waals surface area contributed by atoms with Gasteiger partial charge in [-0.3, -0.25) is 52.8 Å². The Hall–Kier alpha value is -8.75. The van der Waals surface area contributed by atoms with Gasteiger partial charge in [-0.1, -0.05) is 37.3 Å². The van der Waals surface area contributed by atoms with E-state index in [4.69, 9.17) is 19.2 Å². The number of cyclic esters (lactones) is 1. The van der Waals surface area contributed by atoms with Gasteiger partial charge in [0.05, 0.1) is 81.1 Å². The lowest BCUT2D eigenvalue weighted by molar-refractivity contribution is -0.172. The highest BCUT2D eigenvalue weighted by Gasteiger charge is 2.46. The van der Waals surface area contributed by atoms with Crippen molar-refractivity contribution in [2.75, 3.05) is 65.7 Å². The molecule has 3 aliphatic heterocycles. The Balaban J connectivity index is 0.753. The summed E-state index contributed by atoms with van der Waals surface area (Å²) in [7, 11) is 0. The molecule has 5 heterocycles. The molecule has 3 atom stereocenters. The fourth-order valence-electron chi connectivity index (χ4n) is 10.1. The third-order valence-electron chi connectivity index (χ3n) is 14.5. The Morgan fingerprint density at radius 3 is 2.20 bits per heavy atom. The van der Waals surface area contributed by atoms with Crippen LogP contribution >= 0.6 is 0 Å². The normalized spacial score (nSPS) is 16.8. The second kappa shape index (κ2) is 26.7. The van der Waals surface area contributed by atoms with Gasteiger partial charge in [-0.15, -0.1) is 0 Å². The van der Waals surface area contributed by atoms with Crippen molar-refractivity contribution in [2.45, 2.75) is 89.6 Å². The summed E-state index contributed by atoms with van der Waals surface area (Å²) in [4.78, 5) is 145. The third kappa shape index (κ3) is 13.9. The number of benzene rings is 2. The van der Waals surface area contributed by atoms with Crippen LogP contribution in [0, 0.1) is 12.7 Å². The summed E-state index contributed by atoms with van der Waals surface area (Å²) < 4.78 is 32.8. The van der Waals surface area contributed by atoms with E-state index in [0.717, 1.165) is 22.6 Å². The number of nitrogens with zero attached hydrogens (tertiary/aromatic N) is 3. The number of hydrogen-bond acceptors (Lipinski definition) is 16. The van der Waals surface area contributed by atoms with Crippen LogP contribution in [0.4, 0.5) is 4.39 Å². The minimum absolute atomic E-state index is 0.0188. The minimum atomic E-state index is -2.06. The highest BCUT2D eigenvalue weighted by Crippen LogP contribution is 2.46. The first-order valence-corrected chi connectivity index (χ1v) is 26.8. The van der Waals surface area contributed by atoms with Crippen LogP contribution < -0.4 is 42.8 Å². The van der Waals surface area contributed by atoms with Gasteiger partial charge in [0.2, 0.25) is 41.4 Å². The van der Waals surface area contributed by atoms with E-state index in [1.54, 1.807) is 50.2 Å². The number of nitrogens with one attached hydrogen (secondary N) is 7. The van der Waals surface area contributed by atoms with Crippen LogP contribution in [-0.2, 0) is 93.8 Å². The number of amides is 9.